The molecular weight excluding hydrogens is 279 g/mol. The van der Waals surface area contributed by atoms with Crippen LogP contribution in [0.5, 0.6) is 0 Å². The number of carbonyl (C=O) groups excluding carboxylic acids is 1. The van der Waals surface area contributed by atoms with Crippen LogP contribution in [0.3, 0.4) is 0 Å². The van der Waals surface area contributed by atoms with Crippen LogP contribution >= 0.6 is 0 Å². The molecule has 2 nitrogen and oxygen atoms in total. The largest absolute Gasteiger partial charge is 0.416 e. The van der Waals surface area contributed by atoms with E-state index in [0.717, 1.165) is 31.4 Å². The summed E-state index contributed by atoms with van der Waals surface area (Å²) in [7, 11) is 0. The molecule has 114 valence electrons. The summed E-state index contributed by atoms with van der Waals surface area (Å²) in [5.41, 5.74) is -0.537. The Balaban J connectivity index is 2.32. The molecule has 1 atom stereocenters. The third-order valence-corrected chi connectivity index (χ3v) is 3.89. The van der Waals surface area contributed by atoms with E-state index in [4.69, 9.17) is 0 Å². The highest BCUT2D eigenvalue weighted by Crippen LogP contribution is 2.33. The predicted molar refractivity (Wildman–Crippen MR) is 75.9 cm³/mol. The summed E-state index contributed by atoms with van der Waals surface area (Å²) in [4.78, 5) is 14.2. The summed E-state index contributed by atoms with van der Waals surface area (Å²) in [5.74, 6) is -0.209. The zero-order chi connectivity index (χ0) is 15.6. The van der Waals surface area contributed by atoms with E-state index in [9.17, 15) is 18.0 Å². The molecule has 5 heteroatoms. The fourth-order valence-corrected chi connectivity index (χ4v) is 2.69. The second kappa shape index (κ2) is 5.92. The average molecular weight is 297 g/mol. The first-order chi connectivity index (χ1) is 9.84. The average Bonchev–Trinajstić information content (AvgIpc) is 2.45. The van der Waals surface area contributed by atoms with Gasteiger partial charge in [0.05, 0.1) is 5.56 Å². The van der Waals surface area contributed by atoms with Crippen molar-refractivity contribution in [3.05, 3.63) is 41.5 Å². The topological polar surface area (TPSA) is 20.3 Å². The zero-order valence-electron chi connectivity index (χ0n) is 11.9. The first-order valence-electron chi connectivity index (χ1n) is 6.99. The lowest BCUT2D eigenvalue weighted by atomic mass is 9.99. The van der Waals surface area contributed by atoms with Gasteiger partial charge in [0.25, 0.3) is 5.91 Å². The minimum Gasteiger partial charge on any atom is -0.336 e. The van der Waals surface area contributed by atoms with E-state index in [1.54, 1.807) is 4.90 Å². The van der Waals surface area contributed by atoms with Crippen LogP contribution in [-0.4, -0.2) is 23.4 Å². The normalized spacial score (nSPS) is 19.4. The molecule has 0 aromatic heterocycles. The maximum absolute atomic E-state index is 12.8. The molecule has 0 bridgehead atoms. The molecular formula is C16H18F3NO. The van der Waals surface area contributed by atoms with E-state index < -0.39 is 11.7 Å². The Bertz CT molecular complexity index is 551. The minimum atomic E-state index is -4.44. The third kappa shape index (κ3) is 3.28. The highest BCUT2D eigenvalue weighted by molar-refractivity contribution is 5.95. The highest BCUT2D eigenvalue weighted by Gasteiger charge is 2.33. The van der Waals surface area contributed by atoms with Gasteiger partial charge in [-0.15, -0.1) is 0 Å². The van der Waals surface area contributed by atoms with Gasteiger partial charge in [0.2, 0.25) is 0 Å². The SMILES string of the molecule is C=Cc1cc(C(=O)N2CCCCC2C)ccc1C(F)(F)F. The van der Waals surface area contributed by atoms with Crippen molar-refractivity contribution in [2.45, 2.75) is 38.4 Å². The van der Waals surface area contributed by atoms with E-state index >= 15 is 0 Å². The second-order valence-electron chi connectivity index (χ2n) is 5.35. The van der Waals surface area contributed by atoms with Gasteiger partial charge in [-0.2, -0.15) is 13.2 Å². The van der Waals surface area contributed by atoms with Crippen LogP contribution in [0.15, 0.2) is 24.8 Å². The Labute approximate surface area is 122 Å². The quantitative estimate of drug-likeness (QED) is 0.794. The van der Waals surface area contributed by atoms with E-state index in [2.05, 4.69) is 6.58 Å². The van der Waals surface area contributed by atoms with Crippen LogP contribution in [0, 0.1) is 0 Å². The number of likely N-dealkylation sites (tertiary alicyclic amines) is 1. The molecule has 1 aromatic carbocycles. The number of halogens is 3. The van der Waals surface area contributed by atoms with Gasteiger partial charge >= 0.3 is 6.18 Å². The number of hydrogen-bond donors (Lipinski definition) is 0. The molecule has 1 amide bonds. The number of amides is 1. The van der Waals surface area contributed by atoms with Crippen molar-refractivity contribution >= 4 is 12.0 Å². The van der Waals surface area contributed by atoms with Crippen molar-refractivity contribution in [3.8, 4) is 0 Å². The second-order valence-corrected chi connectivity index (χ2v) is 5.35. The Morgan fingerprint density at radius 3 is 2.67 bits per heavy atom. The zero-order valence-corrected chi connectivity index (χ0v) is 11.9. The van der Waals surface area contributed by atoms with Crippen molar-refractivity contribution in [2.75, 3.05) is 6.54 Å². The molecule has 1 aromatic rings. The van der Waals surface area contributed by atoms with E-state index in [1.165, 1.54) is 12.1 Å². The summed E-state index contributed by atoms with van der Waals surface area (Å²) >= 11 is 0. The van der Waals surface area contributed by atoms with Gasteiger partial charge in [-0.1, -0.05) is 12.7 Å². The predicted octanol–water partition coefficient (Wildman–Crippen LogP) is 4.36. The molecule has 2 rings (SSSR count). The lowest BCUT2D eigenvalue weighted by Gasteiger charge is -2.33. The summed E-state index contributed by atoms with van der Waals surface area (Å²) in [6, 6.07) is 3.61. The summed E-state index contributed by atoms with van der Waals surface area (Å²) < 4.78 is 38.5. The number of piperidine rings is 1. The smallest absolute Gasteiger partial charge is 0.336 e. The van der Waals surface area contributed by atoms with Crippen molar-refractivity contribution in [1.29, 1.82) is 0 Å². The summed E-state index contributed by atoms with van der Waals surface area (Å²) in [5, 5.41) is 0. The Hall–Kier alpha value is -1.78. The molecule has 0 spiro atoms. The van der Waals surface area contributed by atoms with Crippen LogP contribution in [0.25, 0.3) is 6.08 Å². The van der Waals surface area contributed by atoms with Crippen molar-refractivity contribution in [1.82, 2.24) is 4.90 Å². The number of rotatable bonds is 2. The van der Waals surface area contributed by atoms with Crippen molar-refractivity contribution in [3.63, 3.8) is 0 Å². The summed E-state index contributed by atoms with van der Waals surface area (Å²) in [6.45, 7) is 6.03. The molecule has 1 unspecified atom stereocenters. The van der Waals surface area contributed by atoms with Crippen molar-refractivity contribution < 1.29 is 18.0 Å². The lowest BCUT2D eigenvalue weighted by molar-refractivity contribution is -0.137. The van der Waals surface area contributed by atoms with E-state index in [0.29, 0.717) is 6.54 Å². The fourth-order valence-electron chi connectivity index (χ4n) is 2.69. The Morgan fingerprint density at radius 1 is 1.38 bits per heavy atom. The molecule has 1 aliphatic rings. The van der Waals surface area contributed by atoms with Crippen molar-refractivity contribution in [2.24, 2.45) is 0 Å². The molecule has 1 fully saturated rings. The van der Waals surface area contributed by atoms with Gasteiger partial charge in [0, 0.05) is 18.2 Å². The van der Waals surface area contributed by atoms with Crippen LogP contribution in [-0.2, 0) is 6.18 Å². The first kappa shape index (κ1) is 15.6. The monoisotopic (exact) mass is 297 g/mol. The first-order valence-corrected chi connectivity index (χ1v) is 6.99. The maximum Gasteiger partial charge on any atom is 0.416 e. The number of nitrogens with zero attached hydrogens (tertiary/aromatic N) is 1. The van der Waals surface area contributed by atoms with Gasteiger partial charge in [0.15, 0.2) is 0 Å². The van der Waals surface area contributed by atoms with Crippen LogP contribution in [0.2, 0.25) is 0 Å². The van der Waals surface area contributed by atoms with Gasteiger partial charge < -0.3 is 4.90 Å². The third-order valence-electron chi connectivity index (χ3n) is 3.89. The molecule has 0 radical (unpaired) electrons. The van der Waals surface area contributed by atoms with E-state index in [1.807, 2.05) is 6.92 Å². The molecule has 0 aliphatic carbocycles. The van der Waals surface area contributed by atoms with Gasteiger partial charge in [0.1, 0.15) is 0 Å². The van der Waals surface area contributed by atoms with Crippen LogP contribution in [0.1, 0.15) is 47.7 Å². The Kier molecular flexibility index (Phi) is 4.40. The number of hydrogen-bond acceptors (Lipinski definition) is 1. The molecule has 1 saturated heterocycles. The standard InChI is InChI=1S/C16H18F3NO/c1-3-12-10-13(7-8-14(12)16(17,18)19)15(21)20-9-5-4-6-11(20)2/h3,7-8,10-11H,1,4-6,9H2,2H3. The molecule has 1 aliphatic heterocycles. The maximum atomic E-state index is 12.8. The minimum absolute atomic E-state index is 0.0574. The Morgan fingerprint density at radius 2 is 2.10 bits per heavy atom. The number of carbonyl (C=O) groups is 1. The molecule has 21 heavy (non-hydrogen) atoms. The molecule has 1 heterocycles. The number of benzene rings is 1. The van der Waals surface area contributed by atoms with Gasteiger partial charge in [-0.05, 0) is 49.9 Å². The lowest BCUT2D eigenvalue weighted by Crippen LogP contribution is -2.42. The molecule has 0 N–H and O–H groups in total. The highest BCUT2D eigenvalue weighted by atomic mass is 19.4. The molecule has 0 saturated carbocycles. The number of alkyl halides is 3. The van der Waals surface area contributed by atoms with Gasteiger partial charge in [-0.3, -0.25) is 4.79 Å². The fraction of sp³-hybridized carbons (Fsp3) is 0.438. The van der Waals surface area contributed by atoms with Gasteiger partial charge in [-0.25, -0.2) is 0 Å². The van der Waals surface area contributed by atoms with Crippen LogP contribution in [0.4, 0.5) is 13.2 Å². The van der Waals surface area contributed by atoms with E-state index in [-0.39, 0.29) is 23.1 Å². The summed E-state index contributed by atoms with van der Waals surface area (Å²) in [6.07, 6.45) is -0.357. The van der Waals surface area contributed by atoms with Crippen LogP contribution < -0.4 is 0 Å².